The second-order valence-corrected chi connectivity index (χ2v) is 7.94. The quantitative estimate of drug-likeness (QED) is 0.747. The number of quaternary nitrogens is 1. The van der Waals surface area contributed by atoms with Gasteiger partial charge in [-0.1, -0.05) is 44.9 Å². The van der Waals surface area contributed by atoms with Crippen LogP contribution >= 0.6 is 0 Å². The van der Waals surface area contributed by atoms with Gasteiger partial charge in [0, 0.05) is 23.8 Å². The third-order valence-corrected chi connectivity index (χ3v) is 5.00. The van der Waals surface area contributed by atoms with Gasteiger partial charge >= 0.3 is 0 Å². The van der Waals surface area contributed by atoms with Crippen LogP contribution in [0, 0.1) is 22.7 Å². The first-order valence-corrected chi connectivity index (χ1v) is 7.84. The van der Waals surface area contributed by atoms with E-state index in [1.807, 2.05) is 6.07 Å². The summed E-state index contributed by atoms with van der Waals surface area (Å²) in [6, 6.07) is 11.2. The van der Waals surface area contributed by atoms with Gasteiger partial charge in [0.2, 0.25) is 0 Å². The molecule has 3 rings (SSSR count). The summed E-state index contributed by atoms with van der Waals surface area (Å²) in [4.78, 5) is 1.72. The summed E-state index contributed by atoms with van der Waals surface area (Å²) < 4.78 is 0. The maximum Gasteiger partial charge on any atom is 0.139 e. The lowest BCUT2D eigenvalue weighted by molar-refractivity contribution is -0.907. The summed E-state index contributed by atoms with van der Waals surface area (Å²) in [5.74, 6) is 6.73. The van der Waals surface area contributed by atoms with Crippen LogP contribution in [0.25, 0.3) is 0 Å². The Labute approximate surface area is 123 Å². The van der Waals surface area contributed by atoms with Crippen LogP contribution in [0.2, 0.25) is 0 Å². The van der Waals surface area contributed by atoms with E-state index < -0.39 is 0 Å². The largest absolute Gasteiger partial charge is 0.322 e. The predicted molar refractivity (Wildman–Crippen MR) is 83.5 cm³/mol. The highest BCUT2D eigenvalue weighted by atomic mass is 15.2. The number of fused-ring (bicyclic) bond motifs is 2. The van der Waals surface area contributed by atoms with Crippen molar-refractivity contribution >= 4 is 0 Å². The van der Waals surface area contributed by atoms with Crippen molar-refractivity contribution in [3.05, 3.63) is 35.9 Å². The first-order chi connectivity index (χ1) is 9.46. The zero-order valence-corrected chi connectivity index (χ0v) is 13.0. The van der Waals surface area contributed by atoms with Gasteiger partial charge in [-0.25, -0.2) is 0 Å². The van der Waals surface area contributed by atoms with E-state index >= 15 is 0 Å². The van der Waals surface area contributed by atoms with Crippen LogP contribution < -0.4 is 4.90 Å². The minimum atomic E-state index is 0.520. The number of likely N-dealkylation sites (tertiary alicyclic amines) is 1. The molecule has 106 valence electrons. The Morgan fingerprint density at radius 1 is 1.15 bits per heavy atom. The highest BCUT2D eigenvalue weighted by Gasteiger charge is 2.52. The molecule has 1 aromatic rings. The Bertz CT molecular complexity index is 534. The van der Waals surface area contributed by atoms with Gasteiger partial charge in [-0.3, -0.25) is 0 Å². The van der Waals surface area contributed by atoms with Gasteiger partial charge in [0.05, 0.1) is 12.6 Å². The van der Waals surface area contributed by atoms with Gasteiger partial charge in [0.15, 0.2) is 0 Å². The Morgan fingerprint density at radius 3 is 2.65 bits per heavy atom. The summed E-state index contributed by atoms with van der Waals surface area (Å²) >= 11 is 0. The van der Waals surface area contributed by atoms with Crippen LogP contribution in [-0.2, 0) is 0 Å². The van der Waals surface area contributed by atoms with E-state index in [4.69, 9.17) is 0 Å². The molecule has 1 heteroatoms. The average Bonchev–Trinajstić information content (AvgIpc) is 2.60. The molecular formula is C19H26N+. The third-order valence-electron chi connectivity index (χ3n) is 5.00. The third kappa shape index (κ3) is 2.91. The zero-order chi connectivity index (χ0) is 14.2. The van der Waals surface area contributed by atoms with E-state index in [2.05, 4.69) is 56.9 Å². The van der Waals surface area contributed by atoms with E-state index in [1.54, 1.807) is 4.90 Å². The molecule has 0 radical (unpaired) electrons. The lowest BCUT2D eigenvalue weighted by atomic mass is 9.65. The topological polar surface area (TPSA) is 4.44 Å². The van der Waals surface area contributed by atoms with E-state index in [-0.39, 0.29) is 0 Å². The minimum Gasteiger partial charge on any atom is -0.322 e. The second-order valence-electron chi connectivity index (χ2n) is 7.94. The fraction of sp³-hybridized carbons (Fsp3) is 0.579. The smallest absolute Gasteiger partial charge is 0.139 e. The first kappa shape index (κ1) is 13.7. The van der Waals surface area contributed by atoms with Gasteiger partial charge in [-0.15, -0.1) is 0 Å². The summed E-state index contributed by atoms with van der Waals surface area (Å²) in [5, 5.41) is 0. The maximum atomic E-state index is 3.41. The van der Waals surface area contributed by atoms with Crippen molar-refractivity contribution in [2.45, 2.75) is 46.1 Å². The van der Waals surface area contributed by atoms with Gasteiger partial charge in [0.25, 0.3) is 0 Å². The summed E-state index contributed by atoms with van der Waals surface area (Å²) in [7, 11) is 0. The van der Waals surface area contributed by atoms with Gasteiger partial charge in [-0.05, 0) is 29.9 Å². The molecule has 1 aliphatic carbocycles. The van der Waals surface area contributed by atoms with E-state index in [0.29, 0.717) is 10.8 Å². The van der Waals surface area contributed by atoms with Crippen LogP contribution in [0.5, 0.6) is 0 Å². The normalized spacial score (nSPS) is 34.4. The van der Waals surface area contributed by atoms with E-state index in [0.717, 1.165) is 18.2 Å². The van der Waals surface area contributed by atoms with Crippen molar-refractivity contribution in [3.63, 3.8) is 0 Å². The van der Waals surface area contributed by atoms with Crippen LogP contribution in [0.15, 0.2) is 30.3 Å². The molecular weight excluding hydrogens is 242 g/mol. The molecule has 2 bridgehead atoms. The lowest BCUT2D eigenvalue weighted by Crippen LogP contribution is -3.13. The van der Waals surface area contributed by atoms with Crippen LogP contribution in [0.3, 0.4) is 0 Å². The molecule has 1 unspecified atom stereocenters. The monoisotopic (exact) mass is 268 g/mol. The summed E-state index contributed by atoms with van der Waals surface area (Å²) in [6.45, 7) is 9.68. The molecule has 1 aliphatic heterocycles. The number of benzene rings is 1. The number of hydrogen-bond donors (Lipinski definition) is 1. The highest BCUT2D eigenvalue weighted by molar-refractivity contribution is 5.33. The zero-order valence-electron chi connectivity index (χ0n) is 13.0. The average molecular weight is 268 g/mol. The van der Waals surface area contributed by atoms with Crippen molar-refractivity contribution in [2.24, 2.45) is 10.8 Å². The fourth-order valence-corrected chi connectivity index (χ4v) is 4.74. The number of hydrogen-bond acceptors (Lipinski definition) is 0. The van der Waals surface area contributed by atoms with Gasteiger partial charge in [-0.2, -0.15) is 0 Å². The molecule has 1 nitrogen and oxygen atoms in total. The number of nitrogens with one attached hydrogen (secondary N) is 1. The van der Waals surface area contributed by atoms with Gasteiger partial charge in [0.1, 0.15) is 6.54 Å². The molecule has 20 heavy (non-hydrogen) atoms. The fourth-order valence-electron chi connectivity index (χ4n) is 4.74. The van der Waals surface area contributed by atoms with Gasteiger partial charge < -0.3 is 4.90 Å². The predicted octanol–water partition coefficient (Wildman–Crippen LogP) is 2.52. The Hall–Kier alpha value is -1.26. The molecule has 1 saturated carbocycles. The van der Waals surface area contributed by atoms with E-state index in [9.17, 15) is 0 Å². The molecule has 0 amide bonds. The Kier molecular flexibility index (Phi) is 3.38. The highest BCUT2D eigenvalue weighted by Crippen LogP contribution is 2.47. The molecule has 1 aromatic carbocycles. The molecule has 2 fully saturated rings. The molecule has 1 N–H and O–H groups in total. The maximum absolute atomic E-state index is 3.41. The first-order valence-electron chi connectivity index (χ1n) is 7.84. The van der Waals surface area contributed by atoms with Crippen LogP contribution in [0.1, 0.15) is 45.6 Å². The van der Waals surface area contributed by atoms with Crippen molar-refractivity contribution in [2.75, 3.05) is 13.1 Å². The minimum absolute atomic E-state index is 0.520. The standard InChI is InChI=1S/C19H25N/c1-18(2)12-17-13-19(3,14-18)15-20(17)11-7-10-16-8-5-4-6-9-16/h4-6,8-9,17H,11-15H2,1-3H3/p+1/t17-,19+/m1/s1. The summed E-state index contributed by atoms with van der Waals surface area (Å²) in [6.07, 6.45) is 4.15. The van der Waals surface area contributed by atoms with Crippen molar-refractivity contribution in [3.8, 4) is 11.8 Å². The Balaban J connectivity index is 1.67. The molecule has 0 aromatic heterocycles. The summed E-state index contributed by atoms with van der Waals surface area (Å²) in [5.41, 5.74) is 2.21. The number of rotatable bonds is 1. The molecule has 2 aliphatic rings. The van der Waals surface area contributed by atoms with Crippen molar-refractivity contribution in [1.82, 2.24) is 0 Å². The van der Waals surface area contributed by atoms with Crippen LogP contribution in [0.4, 0.5) is 0 Å². The lowest BCUT2D eigenvalue weighted by Gasteiger charge is -2.37. The van der Waals surface area contributed by atoms with Crippen molar-refractivity contribution < 1.29 is 4.90 Å². The molecule has 0 spiro atoms. The molecule has 1 heterocycles. The van der Waals surface area contributed by atoms with E-state index in [1.165, 1.54) is 25.8 Å². The molecule has 3 atom stereocenters. The SMILES string of the molecule is CC1(C)C[C@@H]2C[C@](C)(C[NH+]2CC#Cc2ccccc2)C1. The van der Waals surface area contributed by atoms with Crippen molar-refractivity contribution in [1.29, 1.82) is 0 Å². The van der Waals surface area contributed by atoms with Crippen LogP contribution in [-0.4, -0.2) is 19.1 Å². The molecule has 1 saturated heterocycles. The second kappa shape index (κ2) is 4.93. The Morgan fingerprint density at radius 2 is 1.90 bits per heavy atom.